The van der Waals surface area contributed by atoms with E-state index in [1.54, 1.807) is 12.1 Å². The highest BCUT2D eigenvalue weighted by Gasteiger charge is 2.37. The third kappa shape index (κ3) is 6.12. The number of halogens is 2. The van der Waals surface area contributed by atoms with Gasteiger partial charge in [0.15, 0.2) is 0 Å². The average molecular weight is 573 g/mol. The lowest BCUT2D eigenvalue weighted by Crippen LogP contribution is -2.55. The number of nitrogens with one attached hydrogen (secondary N) is 1. The van der Waals surface area contributed by atoms with Crippen LogP contribution in [0.2, 0.25) is 5.02 Å². The Morgan fingerprint density at radius 2 is 1.59 bits per heavy atom. The first kappa shape index (κ1) is 28.3. The molecule has 0 radical (unpaired) electrons. The highest BCUT2D eigenvalue weighted by molar-refractivity contribution is 7.89. The minimum atomic E-state index is -3.85. The second kappa shape index (κ2) is 11.2. The molecule has 2 aromatic carbocycles. The molecule has 8 nitrogen and oxygen atoms in total. The number of sulfonamides is 2. The Labute approximate surface area is 224 Å². The Morgan fingerprint density at radius 1 is 0.946 bits per heavy atom. The molecular formula is C25H34ClFN4O4S2. The maximum Gasteiger partial charge on any atom is 0.242 e. The van der Waals surface area contributed by atoms with Crippen molar-refractivity contribution in [3.63, 3.8) is 0 Å². The maximum atomic E-state index is 14.5. The zero-order valence-corrected chi connectivity index (χ0v) is 23.7. The number of nitrogens with zero attached hydrogens (tertiary/aromatic N) is 3. The number of hydrogen-bond donors (Lipinski definition) is 1. The second-order valence-corrected chi connectivity index (χ2v) is 14.3. The molecule has 37 heavy (non-hydrogen) atoms. The van der Waals surface area contributed by atoms with Gasteiger partial charge in [0.2, 0.25) is 20.0 Å². The molecule has 2 aliphatic rings. The van der Waals surface area contributed by atoms with Gasteiger partial charge in [0, 0.05) is 50.3 Å². The van der Waals surface area contributed by atoms with Crippen LogP contribution in [-0.4, -0.2) is 78.4 Å². The molecule has 3 atom stereocenters. The molecule has 0 aromatic heterocycles. The topological polar surface area (TPSA) is 90.0 Å². The van der Waals surface area contributed by atoms with Crippen molar-refractivity contribution < 1.29 is 21.2 Å². The van der Waals surface area contributed by atoms with Crippen LogP contribution in [0.15, 0.2) is 52.3 Å². The van der Waals surface area contributed by atoms with E-state index < -0.39 is 20.0 Å². The molecule has 2 aromatic rings. The van der Waals surface area contributed by atoms with Crippen LogP contribution in [0.1, 0.15) is 32.1 Å². The van der Waals surface area contributed by atoms with Gasteiger partial charge >= 0.3 is 0 Å². The Balaban J connectivity index is 1.46. The van der Waals surface area contributed by atoms with Crippen LogP contribution in [0.25, 0.3) is 0 Å². The molecule has 12 heteroatoms. The van der Waals surface area contributed by atoms with Crippen LogP contribution in [-0.2, 0) is 20.0 Å². The summed E-state index contributed by atoms with van der Waals surface area (Å²) in [6.07, 6.45) is 4.34. The Hall–Kier alpha value is -1.76. The summed E-state index contributed by atoms with van der Waals surface area (Å²) in [5.74, 6) is -0.344. The predicted octanol–water partition coefficient (Wildman–Crippen LogP) is 3.53. The van der Waals surface area contributed by atoms with Crippen molar-refractivity contribution in [1.82, 2.24) is 13.9 Å². The summed E-state index contributed by atoms with van der Waals surface area (Å²) in [6.45, 7) is 1.35. The minimum Gasteiger partial charge on any atom is -0.368 e. The van der Waals surface area contributed by atoms with Crippen LogP contribution in [0.4, 0.5) is 10.1 Å². The molecule has 0 unspecified atom stereocenters. The zero-order chi connectivity index (χ0) is 27.0. The number of benzene rings is 2. The fraction of sp³-hybridized carbons (Fsp3) is 0.520. The highest BCUT2D eigenvalue weighted by Crippen LogP contribution is 2.31. The van der Waals surface area contributed by atoms with E-state index in [-0.39, 0.29) is 33.7 Å². The Kier molecular flexibility index (Phi) is 8.52. The molecule has 1 N–H and O–H groups in total. The van der Waals surface area contributed by atoms with Crippen molar-refractivity contribution >= 4 is 37.3 Å². The molecule has 1 aliphatic carbocycles. The SMILES string of the molecule is CN([C@@H]1CCN(c2ccc(Cl)cc2F)C1)[C@@H]1CCCC[C@H]1NS(=O)(=O)c1ccc(S(=O)(=O)N(C)C)cc1. The van der Waals surface area contributed by atoms with E-state index in [9.17, 15) is 21.2 Å². The molecule has 204 valence electrons. The van der Waals surface area contributed by atoms with Gasteiger partial charge in [-0.2, -0.15) is 0 Å². The van der Waals surface area contributed by atoms with Gasteiger partial charge in [-0.3, -0.25) is 4.90 Å². The van der Waals surface area contributed by atoms with E-state index in [1.165, 1.54) is 44.4 Å². The van der Waals surface area contributed by atoms with Crippen LogP contribution >= 0.6 is 11.6 Å². The van der Waals surface area contributed by atoms with Crippen LogP contribution < -0.4 is 9.62 Å². The maximum absolute atomic E-state index is 14.5. The van der Waals surface area contributed by atoms with Gasteiger partial charge in [-0.1, -0.05) is 24.4 Å². The number of rotatable bonds is 8. The fourth-order valence-electron chi connectivity index (χ4n) is 5.31. The predicted molar refractivity (Wildman–Crippen MR) is 143 cm³/mol. The van der Waals surface area contributed by atoms with Crippen LogP contribution in [0, 0.1) is 5.82 Å². The smallest absolute Gasteiger partial charge is 0.242 e. The van der Waals surface area contributed by atoms with E-state index in [4.69, 9.17) is 11.6 Å². The summed E-state index contributed by atoms with van der Waals surface area (Å²) in [4.78, 5) is 4.32. The molecule has 0 spiro atoms. The van der Waals surface area contributed by atoms with Gasteiger partial charge in [-0.25, -0.2) is 30.3 Å². The lowest BCUT2D eigenvalue weighted by molar-refractivity contribution is 0.123. The van der Waals surface area contributed by atoms with Crippen LogP contribution in [0.3, 0.4) is 0 Å². The first-order valence-corrected chi connectivity index (χ1v) is 15.7. The van der Waals surface area contributed by atoms with Crippen molar-refractivity contribution in [1.29, 1.82) is 0 Å². The summed E-state index contributed by atoms with van der Waals surface area (Å²) in [7, 11) is -2.63. The highest BCUT2D eigenvalue weighted by atomic mass is 35.5. The van der Waals surface area contributed by atoms with Crippen molar-refractivity contribution in [2.24, 2.45) is 0 Å². The summed E-state index contributed by atoms with van der Waals surface area (Å²) >= 11 is 5.91. The molecule has 1 saturated carbocycles. The Morgan fingerprint density at radius 3 is 2.24 bits per heavy atom. The third-order valence-corrected chi connectivity index (χ3v) is 11.0. The molecule has 2 fully saturated rings. The van der Waals surface area contributed by atoms with Gasteiger partial charge in [0.1, 0.15) is 5.82 Å². The fourth-order valence-corrected chi connectivity index (χ4v) is 7.67. The molecule has 1 aliphatic heterocycles. The molecule has 0 amide bonds. The number of hydrogen-bond acceptors (Lipinski definition) is 6. The van der Waals surface area contributed by atoms with Gasteiger partial charge in [-0.15, -0.1) is 0 Å². The van der Waals surface area contributed by atoms with E-state index in [2.05, 4.69) is 9.62 Å². The standard InChI is InChI=1S/C25H34ClFN4O4S2/c1-29(2)37(34,35)21-11-9-20(10-12-21)36(32,33)28-23-6-4-5-7-25(23)30(3)19-14-15-31(17-19)24-13-8-18(26)16-22(24)27/h8-13,16,19,23,25,28H,4-7,14-15,17H2,1-3H3/t19-,23-,25-/m1/s1. The van der Waals surface area contributed by atoms with E-state index >= 15 is 0 Å². The first-order valence-electron chi connectivity index (χ1n) is 12.4. The van der Waals surface area contributed by atoms with Gasteiger partial charge in [-0.05, 0) is 68.8 Å². The normalized spacial score (nSPS) is 23.2. The molecule has 1 heterocycles. The largest absolute Gasteiger partial charge is 0.368 e. The van der Waals surface area contributed by atoms with E-state index in [0.29, 0.717) is 30.2 Å². The van der Waals surface area contributed by atoms with Crippen molar-refractivity contribution in [2.75, 3.05) is 39.1 Å². The third-order valence-electron chi connectivity index (χ3n) is 7.46. The second-order valence-electron chi connectivity index (χ2n) is 9.99. The van der Waals surface area contributed by atoms with Crippen molar-refractivity contribution in [2.45, 2.75) is 60.0 Å². The quantitative estimate of drug-likeness (QED) is 0.520. The number of anilines is 1. The zero-order valence-electron chi connectivity index (χ0n) is 21.3. The number of likely N-dealkylation sites (N-methyl/N-ethyl adjacent to an activating group) is 1. The first-order chi connectivity index (χ1) is 17.4. The average Bonchev–Trinajstić information content (AvgIpc) is 3.33. The minimum absolute atomic E-state index is 0.00284. The van der Waals surface area contributed by atoms with Gasteiger partial charge < -0.3 is 4.90 Å². The summed E-state index contributed by atoms with van der Waals surface area (Å²) in [5, 5.41) is 0.361. The molecule has 0 bridgehead atoms. The van der Waals surface area contributed by atoms with Gasteiger partial charge in [0.05, 0.1) is 15.5 Å². The van der Waals surface area contributed by atoms with Crippen LogP contribution in [0.5, 0.6) is 0 Å². The van der Waals surface area contributed by atoms with Crippen molar-refractivity contribution in [3.05, 3.63) is 53.3 Å². The Bertz CT molecular complexity index is 1320. The monoisotopic (exact) mass is 572 g/mol. The summed E-state index contributed by atoms with van der Waals surface area (Å²) in [5.41, 5.74) is 0.529. The van der Waals surface area contributed by atoms with E-state index in [1.807, 2.05) is 11.9 Å². The lowest BCUT2D eigenvalue weighted by atomic mass is 9.89. The van der Waals surface area contributed by atoms with E-state index in [0.717, 1.165) is 30.0 Å². The van der Waals surface area contributed by atoms with Gasteiger partial charge in [0.25, 0.3) is 0 Å². The van der Waals surface area contributed by atoms with Crippen molar-refractivity contribution in [3.8, 4) is 0 Å². The lowest BCUT2D eigenvalue weighted by Gasteiger charge is -2.41. The molecular weight excluding hydrogens is 539 g/mol. The molecule has 4 rings (SSSR count). The molecule has 1 saturated heterocycles. The summed E-state index contributed by atoms with van der Waals surface area (Å²) < 4.78 is 69.6. The summed E-state index contributed by atoms with van der Waals surface area (Å²) in [6, 6.07) is 9.87.